The third-order valence-electron chi connectivity index (χ3n) is 1.16. The topological polar surface area (TPSA) is 78.5 Å². The SMILES string of the molecule is Nc1ccc(O)cc1NO. The van der Waals surface area contributed by atoms with Crippen molar-refractivity contribution in [2.24, 2.45) is 0 Å². The Hall–Kier alpha value is -1.42. The molecule has 0 atom stereocenters. The first kappa shape index (κ1) is 6.70. The van der Waals surface area contributed by atoms with Gasteiger partial charge in [-0.05, 0) is 12.1 Å². The first-order valence-corrected chi connectivity index (χ1v) is 2.72. The van der Waals surface area contributed by atoms with Crippen molar-refractivity contribution in [1.82, 2.24) is 0 Å². The zero-order valence-corrected chi connectivity index (χ0v) is 5.20. The minimum Gasteiger partial charge on any atom is -0.508 e. The summed E-state index contributed by atoms with van der Waals surface area (Å²) in [5.41, 5.74) is 7.91. The van der Waals surface area contributed by atoms with Crippen LogP contribution in [-0.4, -0.2) is 10.3 Å². The molecule has 0 heterocycles. The van der Waals surface area contributed by atoms with E-state index >= 15 is 0 Å². The number of hydrogen-bond donors (Lipinski definition) is 4. The molecule has 4 nitrogen and oxygen atoms in total. The molecule has 0 aliphatic rings. The zero-order valence-electron chi connectivity index (χ0n) is 5.20. The van der Waals surface area contributed by atoms with Gasteiger partial charge in [-0.15, -0.1) is 0 Å². The quantitative estimate of drug-likeness (QED) is 0.264. The molecule has 0 saturated carbocycles. The van der Waals surface area contributed by atoms with E-state index in [-0.39, 0.29) is 5.75 Å². The van der Waals surface area contributed by atoms with Crippen LogP contribution in [0.3, 0.4) is 0 Å². The normalized spacial score (nSPS) is 9.30. The Morgan fingerprint density at radius 3 is 2.60 bits per heavy atom. The van der Waals surface area contributed by atoms with Crippen molar-refractivity contribution in [3.63, 3.8) is 0 Å². The second-order valence-corrected chi connectivity index (χ2v) is 1.88. The van der Waals surface area contributed by atoms with Gasteiger partial charge in [0.05, 0.1) is 11.4 Å². The molecule has 1 rings (SSSR count). The Morgan fingerprint density at radius 1 is 1.40 bits per heavy atom. The standard InChI is InChI=1S/C6H8N2O2/c7-5-2-1-4(9)3-6(5)8-10/h1-3,8-10H,7H2. The zero-order chi connectivity index (χ0) is 7.56. The fourth-order valence-corrected chi connectivity index (χ4v) is 0.641. The van der Waals surface area contributed by atoms with Crippen LogP contribution >= 0.6 is 0 Å². The summed E-state index contributed by atoms with van der Waals surface area (Å²) in [5, 5.41) is 17.3. The van der Waals surface area contributed by atoms with E-state index in [0.717, 1.165) is 0 Å². The fourth-order valence-electron chi connectivity index (χ4n) is 0.641. The van der Waals surface area contributed by atoms with Crippen molar-refractivity contribution < 1.29 is 10.3 Å². The molecule has 0 bridgehead atoms. The Labute approximate surface area is 57.9 Å². The second-order valence-electron chi connectivity index (χ2n) is 1.88. The summed E-state index contributed by atoms with van der Waals surface area (Å²) in [5.74, 6) is 0.0609. The lowest BCUT2D eigenvalue weighted by molar-refractivity contribution is 0.388. The van der Waals surface area contributed by atoms with E-state index in [1.807, 2.05) is 5.48 Å². The minimum atomic E-state index is 0.0609. The van der Waals surface area contributed by atoms with Gasteiger partial charge in [-0.2, -0.15) is 0 Å². The summed E-state index contributed by atoms with van der Waals surface area (Å²) in [6, 6.07) is 4.26. The lowest BCUT2D eigenvalue weighted by atomic mass is 10.2. The number of anilines is 2. The van der Waals surface area contributed by atoms with Gasteiger partial charge in [-0.3, -0.25) is 10.7 Å². The van der Waals surface area contributed by atoms with Crippen LogP contribution in [0.15, 0.2) is 18.2 Å². The van der Waals surface area contributed by atoms with E-state index in [4.69, 9.17) is 16.0 Å². The molecule has 0 amide bonds. The van der Waals surface area contributed by atoms with E-state index in [0.29, 0.717) is 11.4 Å². The molecule has 0 aromatic heterocycles. The van der Waals surface area contributed by atoms with Gasteiger partial charge in [-0.25, -0.2) is 0 Å². The molecule has 0 fully saturated rings. The number of phenolic OH excluding ortho intramolecular Hbond substituents is 1. The largest absolute Gasteiger partial charge is 0.508 e. The molecule has 54 valence electrons. The molecule has 4 heteroatoms. The van der Waals surface area contributed by atoms with Crippen molar-refractivity contribution in [1.29, 1.82) is 0 Å². The Balaban J connectivity index is 3.09. The monoisotopic (exact) mass is 140 g/mol. The maximum atomic E-state index is 8.86. The van der Waals surface area contributed by atoms with Crippen molar-refractivity contribution >= 4 is 11.4 Å². The highest BCUT2D eigenvalue weighted by Gasteiger charge is 1.96. The van der Waals surface area contributed by atoms with Gasteiger partial charge in [0.15, 0.2) is 0 Å². The minimum absolute atomic E-state index is 0.0609. The van der Waals surface area contributed by atoms with Crippen molar-refractivity contribution in [2.45, 2.75) is 0 Å². The number of phenols is 1. The van der Waals surface area contributed by atoms with E-state index in [1.165, 1.54) is 18.2 Å². The Morgan fingerprint density at radius 2 is 2.10 bits per heavy atom. The lowest BCUT2D eigenvalue weighted by Crippen LogP contribution is -1.94. The third-order valence-corrected chi connectivity index (χ3v) is 1.16. The van der Waals surface area contributed by atoms with Gasteiger partial charge < -0.3 is 10.8 Å². The van der Waals surface area contributed by atoms with Crippen LogP contribution in [0.25, 0.3) is 0 Å². The van der Waals surface area contributed by atoms with Crippen LogP contribution in [0.1, 0.15) is 0 Å². The summed E-state index contributed by atoms with van der Waals surface area (Å²) in [7, 11) is 0. The Kier molecular flexibility index (Phi) is 1.64. The number of rotatable bonds is 1. The summed E-state index contributed by atoms with van der Waals surface area (Å²) >= 11 is 0. The van der Waals surface area contributed by atoms with E-state index in [2.05, 4.69) is 0 Å². The number of aromatic hydroxyl groups is 1. The summed E-state index contributed by atoms with van der Waals surface area (Å²) in [4.78, 5) is 0. The van der Waals surface area contributed by atoms with Gasteiger partial charge >= 0.3 is 0 Å². The number of nitrogens with two attached hydrogens (primary N) is 1. The lowest BCUT2D eigenvalue weighted by Gasteiger charge is -2.02. The van der Waals surface area contributed by atoms with E-state index in [1.54, 1.807) is 0 Å². The molecule has 0 saturated heterocycles. The van der Waals surface area contributed by atoms with Crippen LogP contribution in [0.5, 0.6) is 5.75 Å². The summed E-state index contributed by atoms with van der Waals surface area (Å²) in [6.07, 6.45) is 0. The molecule has 0 aliphatic carbocycles. The number of nitrogens with one attached hydrogen (secondary N) is 1. The summed E-state index contributed by atoms with van der Waals surface area (Å²) < 4.78 is 0. The van der Waals surface area contributed by atoms with Crippen LogP contribution in [-0.2, 0) is 0 Å². The number of nitrogen functional groups attached to an aromatic ring is 1. The van der Waals surface area contributed by atoms with Gasteiger partial charge in [0.2, 0.25) is 0 Å². The molecule has 0 spiro atoms. The van der Waals surface area contributed by atoms with Gasteiger partial charge in [0.1, 0.15) is 5.75 Å². The first-order valence-electron chi connectivity index (χ1n) is 2.72. The maximum absolute atomic E-state index is 8.86. The van der Waals surface area contributed by atoms with Crippen LogP contribution < -0.4 is 11.2 Å². The average molecular weight is 140 g/mol. The van der Waals surface area contributed by atoms with Crippen molar-refractivity contribution in [3.8, 4) is 5.75 Å². The molecule has 10 heavy (non-hydrogen) atoms. The average Bonchev–Trinajstić information content (AvgIpc) is 1.94. The molecule has 0 radical (unpaired) electrons. The van der Waals surface area contributed by atoms with Crippen LogP contribution in [0, 0.1) is 0 Å². The predicted molar refractivity (Wildman–Crippen MR) is 37.9 cm³/mol. The molecule has 1 aromatic rings. The van der Waals surface area contributed by atoms with E-state index in [9.17, 15) is 0 Å². The predicted octanol–water partition coefficient (Wildman–Crippen LogP) is 0.776. The molecule has 0 aliphatic heterocycles. The number of hydrogen-bond acceptors (Lipinski definition) is 4. The first-order chi connectivity index (χ1) is 4.74. The van der Waals surface area contributed by atoms with E-state index < -0.39 is 0 Å². The van der Waals surface area contributed by atoms with Crippen LogP contribution in [0.2, 0.25) is 0 Å². The highest BCUT2D eigenvalue weighted by Crippen LogP contribution is 2.22. The maximum Gasteiger partial charge on any atom is 0.117 e. The smallest absolute Gasteiger partial charge is 0.117 e. The van der Waals surface area contributed by atoms with Crippen LogP contribution in [0.4, 0.5) is 11.4 Å². The van der Waals surface area contributed by atoms with Gasteiger partial charge in [0.25, 0.3) is 0 Å². The molecular formula is C6H8N2O2. The second kappa shape index (κ2) is 2.45. The molecule has 5 N–H and O–H groups in total. The molecule has 1 aromatic carbocycles. The number of benzene rings is 1. The molecule has 0 unspecified atom stereocenters. The highest BCUT2D eigenvalue weighted by atomic mass is 16.5. The third kappa shape index (κ3) is 1.11. The van der Waals surface area contributed by atoms with Crippen molar-refractivity contribution in [2.75, 3.05) is 11.2 Å². The van der Waals surface area contributed by atoms with Gasteiger partial charge in [0, 0.05) is 6.07 Å². The highest BCUT2D eigenvalue weighted by molar-refractivity contribution is 5.66. The molecular weight excluding hydrogens is 132 g/mol. The van der Waals surface area contributed by atoms with Gasteiger partial charge in [-0.1, -0.05) is 0 Å². The summed E-state index contributed by atoms with van der Waals surface area (Å²) in [6.45, 7) is 0. The Bertz CT molecular complexity index is 237. The fraction of sp³-hybridized carbons (Fsp3) is 0. The van der Waals surface area contributed by atoms with Crippen molar-refractivity contribution in [3.05, 3.63) is 18.2 Å².